The van der Waals surface area contributed by atoms with E-state index in [9.17, 15) is 18.0 Å². The summed E-state index contributed by atoms with van der Waals surface area (Å²) in [6.07, 6.45) is -2.81. The molecule has 1 N–H and O–H groups in total. The molecule has 0 bridgehead atoms. The molecule has 0 spiro atoms. The highest BCUT2D eigenvalue weighted by Crippen LogP contribution is 2.31. The molecule has 1 amide bonds. The highest BCUT2D eigenvalue weighted by atomic mass is 19.4. The van der Waals surface area contributed by atoms with Crippen molar-refractivity contribution >= 4 is 5.91 Å². The first-order valence-electron chi connectivity index (χ1n) is 6.90. The second-order valence-electron chi connectivity index (χ2n) is 5.59. The minimum absolute atomic E-state index is 0.0425. The highest BCUT2D eigenvalue weighted by molar-refractivity contribution is 5.81. The van der Waals surface area contributed by atoms with Gasteiger partial charge in [0.05, 0.1) is 11.6 Å². The summed E-state index contributed by atoms with van der Waals surface area (Å²) in [4.78, 5) is 13.4. The number of hydrogen-bond acceptors (Lipinski definition) is 2. The largest absolute Gasteiger partial charge is 0.416 e. The van der Waals surface area contributed by atoms with Crippen molar-refractivity contribution in [3.63, 3.8) is 0 Å². The molecule has 2 unspecified atom stereocenters. The van der Waals surface area contributed by atoms with E-state index in [0.717, 1.165) is 24.1 Å². The Morgan fingerprint density at radius 2 is 1.81 bits per heavy atom. The molecule has 0 aromatic heterocycles. The van der Waals surface area contributed by atoms with Gasteiger partial charge in [0.1, 0.15) is 0 Å². The van der Waals surface area contributed by atoms with Gasteiger partial charge >= 0.3 is 6.18 Å². The monoisotopic (exact) mass is 300 g/mol. The molecule has 1 saturated heterocycles. The fourth-order valence-electron chi connectivity index (χ4n) is 2.61. The van der Waals surface area contributed by atoms with Gasteiger partial charge in [-0.15, -0.1) is 0 Å². The van der Waals surface area contributed by atoms with Crippen molar-refractivity contribution in [3.8, 4) is 0 Å². The van der Waals surface area contributed by atoms with E-state index in [1.54, 1.807) is 19.0 Å². The molecule has 0 aliphatic carbocycles. The maximum atomic E-state index is 12.5. The number of carbonyl (C=O) groups is 1. The summed E-state index contributed by atoms with van der Waals surface area (Å²) in [7, 11) is 3.43. The predicted molar refractivity (Wildman–Crippen MR) is 73.9 cm³/mol. The average molecular weight is 300 g/mol. The van der Waals surface area contributed by atoms with Crippen LogP contribution < -0.4 is 5.32 Å². The second-order valence-corrected chi connectivity index (χ2v) is 5.59. The van der Waals surface area contributed by atoms with E-state index in [0.29, 0.717) is 13.0 Å². The van der Waals surface area contributed by atoms with Crippen LogP contribution in [0.3, 0.4) is 0 Å². The zero-order valence-corrected chi connectivity index (χ0v) is 12.1. The Kier molecular flexibility index (Phi) is 4.56. The molecule has 1 aromatic rings. The van der Waals surface area contributed by atoms with Gasteiger partial charge in [0.15, 0.2) is 0 Å². The lowest BCUT2D eigenvalue weighted by atomic mass is 9.88. The van der Waals surface area contributed by atoms with Crippen molar-refractivity contribution in [3.05, 3.63) is 35.4 Å². The summed E-state index contributed by atoms with van der Waals surface area (Å²) in [5.74, 6) is 0.194. The van der Waals surface area contributed by atoms with Crippen LogP contribution in [-0.4, -0.2) is 37.5 Å². The number of amides is 1. The van der Waals surface area contributed by atoms with E-state index in [2.05, 4.69) is 5.32 Å². The number of hydrogen-bond donors (Lipinski definition) is 1. The summed E-state index contributed by atoms with van der Waals surface area (Å²) in [5.41, 5.74) is 0.252. The predicted octanol–water partition coefficient (Wildman–Crippen LogP) is 2.63. The van der Waals surface area contributed by atoms with Crippen LogP contribution >= 0.6 is 0 Å². The lowest BCUT2D eigenvalue weighted by molar-refractivity contribution is -0.137. The van der Waals surface area contributed by atoms with Gasteiger partial charge in [-0.05, 0) is 36.5 Å². The van der Waals surface area contributed by atoms with Crippen molar-refractivity contribution in [2.75, 3.05) is 20.6 Å². The van der Waals surface area contributed by atoms with Crippen molar-refractivity contribution in [1.82, 2.24) is 10.2 Å². The highest BCUT2D eigenvalue weighted by Gasteiger charge is 2.31. The molecule has 116 valence electrons. The molecule has 1 aliphatic heterocycles. The third-order valence-corrected chi connectivity index (χ3v) is 3.86. The van der Waals surface area contributed by atoms with Crippen LogP contribution in [0.15, 0.2) is 24.3 Å². The Hall–Kier alpha value is -1.56. The molecule has 2 atom stereocenters. The quantitative estimate of drug-likeness (QED) is 0.910. The van der Waals surface area contributed by atoms with E-state index in [4.69, 9.17) is 0 Å². The van der Waals surface area contributed by atoms with Crippen LogP contribution in [0.2, 0.25) is 0 Å². The minimum atomic E-state index is -4.30. The summed E-state index contributed by atoms with van der Waals surface area (Å²) in [6.45, 7) is 0.607. The van der Waals surface area contributed by atoms with Gasteiger partial charge in [-0.25, -0.2) is 0 Å². The standard InChI is InChI=1S/C15H19F3N2O/c1-20(2)14(21)13-8-5-11(9-19-13)10-3-6-12(7-4-10)15(16,17)18/h3-4,6-7,11,13,19H,5,8-9H2,1-2H3. The van der Waals surface area contributed by atoms with Gasteiger partial charge < -0.3 is 10.2 Å². The molecule has 3 nitrogen and oxygen atoms in total. The SMILES string of the molecule is CN(C)C(=O)C1CCC(c2ccc(C(F)(F)F)cc2)CN1. The Labute approximate surface area is 122 Å². The van der Waals surface area contributed by atoms with Gasteiger partial charge in [-0.2, -0.15) is 13.2 Å². The van der Waals surface area contributed by atoms with Gasteiger partial charge in [0.25, 0.3) is 0 Å². The first kappa shape index (κ1) is 15.8. The molecule has 1 fully saturated rings. The number of nitrogens with zero attached hydrogens (tertiary/aromatic N) is 1. The van der Waals surface area contributed by atoms with Gasteiger partial charge in [0, 0.05) is 20.6 Å². The third-order valence-electron chi connectivity index (χ3n) is 3.86. The third kappa shape index (κ3) is 3.75. The van der Waals surface area contributed by atoms with Crippen molar-refractivity contribution in [1.29, 1.82) is 0 Å². The van der Waals surface area contributed by atoms with E-state index in [-0.39, 0.29) is 17.9 Å². The lowest BCUT2D eigenvalue weighted by Gasteiger charge is -2.31. The number of benzene rings is 1. The number of rotatable bonds is 2. The number of likely N-dealkylation sites (N-methyl/N-ethyl adjacent to an activating group) is 1. The second kappa shape index (κ2) is 6.05. The smallest absolute Gasteiger partial charge is 0.347 e. The maximum absolute atomic E-state index is 12.5. The lowest BCUT2D eigenvalue weighted by Crippen LogP contribution is -2.47. The Balaban J connectivity index is 1.98. The Bertz CT molecular complexity index is 489. The fraction of sp³-hybridized carbons (Fsp3) is 0.533. The topological polar surface area (TPSA) is 32.3 Å². The first-order chi connectivity index (χ1) is 9.79. The summed E-state index contributed by atoms with van der Waals surface area (Å²) in [6, 6.07) is 5.11. The summed E-state index contributed by atoms with van der Waals surface area (Å²) < 4.78 is 37.6. The molecule has 6 heteroatoms. The van der Waals surface area contributed by atoms with E-state index >= 15 is 0 Å². The van der Waals surface area contributed by atoms with Crippen LogP contribution in [0, 0.1) is 0 Å². The van der Waals surface area contributed by atoms with Crippen LogP contribution in [0.1, 0.15) is 29.9 Å². The van der Waals surface area contributed by atoms with Crippen LogP contribution in [0.5, 0.6) is 0 Å². The van der Waals surface area contributed by atoms with Gasteiger partial charge in [0.2, 0.25) is 5.91 Å². The number of carbonyl (C=O) groups excluding carboxylic acids is 1. The zero-order chi connectivity index (χ0) is 15.6. The molecule has 2 rings (SSSR count). The minimum Gasteiger partial charge on any atom is -0.347 e. The summed E-state index contributed by atoms with van der Waals surface area (Å²) >= 11 is 0. The van der Waals surface area contributed by atoms with Gasteiger partial charge in [-0.1, -0.05) is 12.1 Å². The van der Waals surface area contributed by atoms with Crippen LogP contribution in [-0.2, 0) is 11.0 Å². The van der Waals surface area contributed by atoms with Crippen molar-refractivity contribution < 1.29 is 18.0 Å². The van der Waals surface area contributed by atoms with E-state index in [1.165, 1.54) is 12.1 Å². The molecule has 0 saturated carbocycles. The number of nitrogens with one attached hydrogen (secondary N) is 1. The number of alkyl halides is 3. The molecular weight excluding hydrogens is 281 g/mol. The fourth-order valence-corrected chi connectivity index (χ4v) is 2.61. The zero-order valence-electron chi connectivity index (χ0n) is 12.1. The molecule has 1 aromatic carbocycles. The van der Waals surface area contributed by atoms with Crippen molar-refractivity contribution in [2.24, 2.45) is 0 Å². The number of piperidine rings is 1. The summed E-state index contributed by atoms with van der Waals surface area (Å²) in [5, 5.41) is 3.18. The molecule has 21 heavy (non-hydrogen) atoms. The average Bonchev–Trinajstić information content (AvgIpc) is 2.46. The van der Waals surface area contributed by atoms with Crippen LogP contribution in [0.4, 0.5) is 13.2 Å². The molecule has 0 radical (unpaired) electrons. The molecule has 1 aliphatic rings. The van der Waals surface area contributed by atoms with E-state index in [1.807, 2.05) is 0 Å². The number of halogens is 3. The first-order valence-corrected chi connectivity index (χ1v) is 6.90. The molecule has 1 heterocycles. The van der Waals surface area contributed by atoms with Crippen molar-refractivity contribution in [2.45, 2.75) is 31.0 Å². The van der Waals surface area contributed by atoms with E-state index < -0.39 is 11.7 Å². The maximum Gasteiger partial charge on any atom is 0.416 e. The Morgan fingerprint density at radius 1 is 1.19 bits per heavy atom. The van der Waals surface area contributed by atoms with Crippen LogP contribution in [0.25, 0.3) is 0 Å². The Morgan fingerprint density at radius 3 is 2.24 bits per heavy atom. The molecular formula is C15H19F3N2O. The van der Waals surface area contributed by atoms with Gasteiger partial charge in [-0.3, -0.25) is 4.79 Å². The normalized spacial score (nSPS) is 22.9.